The highest BCUT2D eigenvalue weighted by atomic mass is 28.4. The highest BCUT2D eigenvalue weighted by Crippen LogP contribution is 2.54. The molecule has 2 saturated heterocycles. The Bertz CT molecular complexity index is 1240. The summed E-state index contributed by atoms with van der Waals surface area (Å²) in [5.41, 5.74) is -0.548. The lowest BCUT2D eigenvalue weighted by Gasteiger charge is -2.55. The normalized spacial score (nSPS) is 23.2. The molecule has 2 fully saturated rings. The van der Waals surface area contributed by atoms with Gasteiger partial charge in [0, 0.05) is 6.42 Å². The van der Waals surface area contributed by atoms with E-state index in [2.05, 4.69) is 33.9 Å². The molecule has 0 radical (unpaired) electrons. The lowest BCUT2D eigenvalue weighted by molar-refractivity contribution is -0.169. The minimum Gasteiger partial charge on any atom is -0.445 e. The Labute approximate surface area is 238 Å². The summed E-state index contributed by atoms with van der Waals surface area (Å²) in [6, 6.07) is 18.0. The molecule has 0 bridgehead atoms. The summed E-state index contributed by atoms with van der Waals surface area (Å²) in [7, 11) is -2.25. The third-order valence-electron chi connectivity index (χ3n) is 8.10. The summed E-state index contributed by atoms with van der Waals surface area (Å²) >= 11 is 0. The van der Waals surface area contributed by atoms with E-state index in [0.29, 0.717) is 0 Å². The second kappa shape index (κ2) is 10.7. The first-order valence-corrected chi connectivity index (χ1v) is 16.8. The molecule has 0 N–H and O–H groups in total. The van der Waals surface area contributed by atoms with Gasteiger partial charge in [0.25, 0.3) is 5.91 Å². The third-order valence-corrected chi connectivity index (χ3v) is 12.6. The molecule has 40 heavy (non-hydrogen) atoms. The van der Waals surface area contributed by atoms with Crippen molar-refractivity contribution in [2.45, 2.75) is 96.0 Å². The van der Waals surface area contributed by atoms with Crippen LogP contribution in [0.2, 0.25) is 18.1 Å². The number of ether oxygens (including phenoxy) is 2. The standard InChI is InChI=1S/C31H42N2O6Si/c1-29(2,3)38-28(36)33-25(23-17-13-10-14-18-23)31(26(33)34)19-24(39-40(7,8)30(4,5)6)20-32(31)27(35)37-21-22-15-11-9-12-16-22/h9-18,24-25H,19-21H2,1-8H3/t24-,25-,31+/m1/s1. The van der Waals surface area contributed by atoms with Crippen molar-refractivity contribution in [3.63, 3.8) is 0 Å². The zero-order valence-corrected chi connectivity index (χ0v) is 25.9. The molecule has 3 amide bonds. The summed E-state index contributed by atoms with van der Waals surface area (Å²) in [4.78, 5) is 43.8. The van der Waals surface area contributed by atoms with Gasteiger partial charge in [-0.2, -0.15) is 0 Å². The minimum absolute atomic E-state index is 0.0631. The van der Waals surface area contributed by atoms with Gasteiger partial charge in [0.05, 0.1) is 12.6 Å². The SMILES string of the molecule is CC(C)(C)OC(=O)N1C(=O)[C@]2(C[C@@H](O[Si](C)(C)C(C)(C)C)CN2C(=O)OCc2ccccc2)[C@H]1c1ccccc1. The van der Waals surface area contributed by atoms with Gasteiger partial charge in [-0.1, -0.05) is 81.4 Å². The fourth-order valence-electron chi connectivity index (χ4n) is 5.21. The number of amides is 3. The molecule has 2 aliphatic heterocycles. The Morgan fingerprint density at radius 2 is 1.50 bits per heavy atom. The van der Waals surface area contributed by atoms with Crippen molar-refractivity contribution in [3.8, 4) is 0 Å². The average Bonchev–Trinajstić information content (AvgIpc) is 3.25. The first-order chi connectivity index (χ1) is 18.6. The van der Waals surface area contributed by atoms with E-state index >= 15 is 0 Å². The summed E-state index contributed by atoms with van der Waals surface area (Å²) in [5.74, 6) is -0.478. The number of hydrogen-bond donors (Lipinski definition) is 0. The average molecular weight is 567 g/mol. The first kappa shape index (κ1) is 29.8. The van der Waals surface area contributed by atoms with Crippen LogP contribution in [0.25, 0.3) is 0 Å². The van der Waals surface area contributed by atoms with E-state index in [4.69, 9.17) is 13.9 Å². The minimum atomic E-state index is -2.25. The van der Waals surface area contributed by atoms with E-state index < -0.39 is 43.6 Å². The molecular weight excluding hydrogens is 524 g/mol. The van der Waals surface area contributed by atoms with Gasteiger partial charge in [-0.25, -0.2) is 14.5 Å². The molecule has 216 valence electrons. The summed E-state index contributed by atoms with van der Waals surface area (Å²) in [5, 5.41) is -0.0631. The molecule has 2 aromatic rings. The fraction of sp³-hybridized carbons (Fsp3) is 0.516. The van der Waals surface area contributed by atoms with E-state index in [1.807, 2.05) is 60.7 Å². The topological polar surface area (TPSA) is 85.4 Å². The van der Waals surface area contributed by atoms with Crippen LogP contribution in [-0.4, -0.2) is 60.0 Å². The van der Waals surface area contributed by atoms with Crippen LogP contribution in [-0.2, 0) is 25.3 Å². The van der Waals surface area contributed by atoms with Crippen LogP contribution >= 0.6 is 0 Å². The van der Waals surface area contributed by atoms with Crippen molar-refractivity contribution in [2.24, 2.45) is 0 Å². The fourth-order valence-corrected chi connectivity index (χ4v) is 6.55. The zero-order chi connectivity index (χ0) is 29.5. The lowest BCUT2D eigenvalue weighted by atomic mass is 9.73. The molecule has 2 heterocycles. The molecule has 0 saturated carbocycles. The molecule has 0 unspecified atom stereocenters. The van der Waals surface area contributed by atoms with Crippen LogP contribution in [0.3, 0.4) is 0 Å². The number of benzene rings is 2. The Morgan fingerprint density at radius 1 is 0.925 bits per heavy atom. The van der Waals surface area contributed by atoms with Crippen LogP contribution in [0.15, 0.2) is 60.7 Å². The Hall–Kier alpha value is -3.17. The lowest BCUT2D eigenvalue weighted by Crippen LogP contribution is -2.75. The predicted molar refractivity (Wildman–Crippen MR) is 155 cm³/mol. The zero-order valence-electron chi connectivity index (χ0n) is 24.9. The van der Waals surface area contributed by atoms with Gasteiger partial charge >= 0.3 is 12.2 Å². The van der Waals surface area contributed by atoms with E-state index in [1.54, 1.807) is 20.8 Å². The smallest absolute Gasteiger partial charge is 0.417 e. The van der Waals surface area contributed by atoms with Crippen molar-refractivity contribution in [3.05, 3.63) is 71.8 Å². The molecule has 2 aliphatic rings. The van der Waals surface area contributed by atoms with Crippen LogP contribution in [0.5, 0.6) is 0 Å². The molecule has 0 aliphatic carbocycles. The maximum atomic E-state index is 14.1. The molecule has 8 nitrogen and oxygen atoms in total. The number of nitrogens with zero attached hydrogens (tertiary/aromatic N) is 2. The largest absolute Gasteiger partial charge is 0.445 e. The Kier molecular flexibility index (Phi) is 7.95. The van der Waals surface area contributed by atoms with Crippen molar-refractivity contribution in [1.29, 1.82) is 0 Å². The van der Waals surface area contributed by atoms with E-state index in [-0.39, 0.29) is 30.7 Å². The van der Waals surface area contributed by atoms with Gasteiger partial charge in [-0.3, -0.25) is 9.69 Å². The van der Waals surface area contributed by atoms with Crippen molar-refractivity contribution >= 4 is 26.4 Å². The van der Waals surface area contributed by atoms with Gasteiger partial charge in [-0.05, 0) is 50.0 Å². The summed E-state index contributed by atoms with van der Waals surface area (Å²) < 4.78 is 18.1. The van der Waals surface area contributed by atoms with Crippen molar-refractivity contribution in [2.75, 3.05) is 6.54 Å². The number of imide groups is 1. The monoisotopic (exact) mass is 566 g/mol. The van der Waals surface area contributed by atoms with Crippen LogP contribution in [0.4, 0.5) is 9.59 Å². The van der Waals surface area contributed by atoms with Crippen molar-refractivity contribution in [1.82, 2.24) is 9.80 Å². The third kappa shape index (κ3) is 5.67. The number of rotatable bonds is 5. The number of likely N-dealkylation sites (tertiary alicyclic amines) is 2. The second-order valence-electron chi connectivity index (χ2n) is 13.2. The van der Waals surface area contributed by atoms with Crippen LogP contribution in [0.1, 0.15) is 65.1 Å². The van der Waals surface area contributed by atoms with Gasteiger partial charge in [0.2, 0.25) is 0 Å². The van der Waals surface area contributed by atoms with E-state index in [1.165, 1.54) is 4.90 Å². The predicted octanol–water partition coefficient (Wildman–Crippen LogP) is 6.68. The van der Waals surface area contributed by atoms with E-state index in [0.717, 1.165) is 16.0 Å². The quantitative estimate of drug-likeness (QED) is 0.297. The molecule has 4 rings (SSSR count). The Morgan fingerprint density at radius 3 is 2.05 bits per heavy atom. The highest BCUT2D eigenvalue weighted by molar-refractivity contribution is 6.74. The number of hydrogen-bond acceptors (Lipinski definition) is 6. The maximum Gasteiger partial charge on any atom is 0.417 e. The van der Waals surface area contributed by atoms with Crippen LogP contribution in [0, 0.1) is 0 Å². The first-order valence-electron chi connectivity index (χ1n) is 13.8. The van der Waals surface area contributed by atoms with Gasteiger partial charge in [0.15, 0.2) is 13.9 Å². The van der Waals surface area contributed by atoms with E-state index in [9.17, 15) is 14.4 Å². The van der Waals surface area contributed by atoms with Gasteiger partial charge in [0.1, 0.15) is 18.2 Å². The maximum absolute atomic E-state index is 14.1. The number of β-lactam (4-membered cyclic amide) rings is 1. The molecule has 9 heteroatoms. The summed E-state index contributed by atoms with van der Waals surface area (Å²) in [6.45, 7) is 16.3. The molecule has 0 aromatic heterocycles. The Balaban J connectivity index is 1.73. The van der Waals surface area contributed by atoms with Crippen LogP contribution < -0.4 is 0 Å². The summed E-state index contributed by atoms with van der Waals surface area (Å²) in [6.07, 6.45) is -1.47. The van der Waals surface area contributed by atoms with Gasteiger partial charge < -0.3 is 13.9 Å². The molecule has 3 atom stereocenters. The second-order valence-corrected chi connectivity index (χ2v) is 18.0. The molecular formula is C31H42N2O6Si. The number of carbonyl (C=O) groups is 3. The number of carbonyl (C=O) groups excluding carboxylic acids is 3. The van der Waals surface area contributed by atoms with Crippen molar-refractivity contribution < 1.29 is 28.3 Å². The molecule has 2 aromatic carbocycles. The molecule has 1 spiro atoms. The highest BCUT2D eigenvalue weighted by Gasteiger charge is 2.72. The van der Waals surface area contributed by atoms with Gasteiger partial charge in [-0.15, -0.1) is 0 Å².